The largest absolute Gasteiger partial charge is 0.493 e. The van der Waals surface area contributed by atoms with Crippen molar-refractivity contribution in [2.45, 2.75) is 37.5 Å². The molecule has 1 aromatic carbocycles. The van der Waals surface area contributed by atoms with Gasteiger partial charge in [0.25, 0.3) is 0 Å². The van der Waals surface area contributed by atoms with Crippen molar-refractivity contribution in [1.29, 1.82) is 0 Å². The van der Waals surface area contributed by atoms with E-state index in [0.717, 1.165) is 18.6 Å². The lowest BCUT2D eigenvalue weighted by atomic mass is 10.1. The molecule has 0 bridgehead atoms. The van der Waals surface area contributed by atoms with Crippen LogP contribution in [-0.4, -0.2) is 55.9 Å². The zero-order valence-corrected chi connectivity index (χ0v) is 12.9. The molecule has 1 amide bonds. The lowest BCUT2D eigenvalue weighted by molar-refractivity contribution is -0.150. The van der Waals surface area contributed by atoms with E-state index < -0.39 is 0 Å². The number of morpholine rings is 1. The number of carbonyl (C=O) groups is 1. The minimum Gasteiger partial charge on any atom is -0.493 e. The van der Waals surface area contributed by atoms with Crippen LogP contribution in [0.25, 0.3) is 0 Å². The number of nitrogens with zero attached hydrogens (tertiary/aromatic N) is 1. The zero-order chi connectivity index (χ0) is 15.4. The zero-order valence-electron chi connectivity index (χ0n) is 12.9. The van der Waals surface area contributed by atoms with Crippen molar-refractivity contribution in [3.63, 3.8) is 0 Å². The van der Waals surface area contributed by atoms with Crippen molar-refractivity contribution >= 4 is 5.91 Å². The molecule has 0 radical (unpaired) electrons. The number of amides is 1. The third-order valence-electron chi connectivity index (χ3n) is 4.49. The van der Waals surface area contributed by atoms with Gasteiger partial charge in [-0.2, -0.15) is 0 Å². The van der Waals surface area contributed by atoms with E-state index in [2.05, 4.69) is 0 Å². The van der Waals surface area contributed by atoms with Gasteiger partial charge in [0.1, 0.15) is 11.9 Å². The molecule has 1 heterocycles. The quantitative estimate of drug-likeness (QED) is 0.833. The third-order valence-corrected chi connectivity index (χ3v) is 4.49. The second-order valence-corrected chi connectivity index (χ2v) is 5.75. The van der Waals surface area contributed by atoms with E-state index in [0.29, 0.717) is 26.2 Å². The molecule has 120 valence electrons. The van der Waals surface area contributed by atoms with E-state index in [1.807, 2.05) is 35.2 Å². The second-order valence-electron chi connectivity index (χ2n) is 5.75. The highest BCUT2D eigenvalue weighted by molar-refractivity contribution is 5.77. The average Bonchev–Trinajstić information content (AvgIpc) is 2.99. The first-order valence-corrected chi connectivity index (χ1v) is 7.91. The highest BCUT2D eigenvalue weighted by Crippen LogP contribution is 2.32. The van der Waals surface area contributed by atoms with E-state index in [4.69, 9.17) is 14.2 Å². The summed E-state index contributed by atoms with van der Waals surface area (Å²) in [6.45, 7) is 1.67. The number of ether oxygens (including phenoxy) is 3. The van der Waals surface area contributed by atoms with Gasteiger partial charge >= 0.3 is 0 Å². The predicted molar refractivity (Wildman–Crippen MR) is 81.8 cm³/mol. The molecule has 1 aliphatic heterocycles. The molecule has 2 aliphatic rings. The van der Waals surface area contributed by atoms with Gasteiger partial charge in [-0.1, -0.05) is 18.2 Å². The molecular weight excluding hydrogens is 282 g/mol. The molecule has 0 spiro atoms. The van der Waals surface area contributed by atoms with Gasteiger partial charge in [0.05, 0.1) is 31.8 Å². The summed E-state index contributed by atoms with van der Waals surface area (Å²) in [5, 5.41) is 0. The van der Waals surface area contributed by atoms with E-state index in [1.165, 1.54) is 0 Å². The maximum absolute atomic E-state index is 12.5. The van der Waals surface area contributed by atoms with Crippen LogP contribution >= 0.6 is 0 Å². The minimum atomic E-state index is 0.0257. The monoisotopic (exact) mass is 305 g/mol. The third kappa shape index (κ3) is 3.25. The normalized spacial score (nSPS) is 27.5. The fourth-order valence-corrected chi connectivity index (χ4v) is 3.39. The van der Waals surface area contributed by atoms with Crippen molar-refractivity contribution in [3.05, 3.63) is 30.3 Å². The van der Waals surface area contributed by atoms with Gasteiger partial charge in [-0.3, -0.25) is 4.79 Å². The van der Waals surface area contributed by atoms with E-state index >= 15 is 0 Å². The number of benzene rings is 1. The van der Waals surface area contributed by atoms with E-state index in [1.54, 1.807) is 7.11 Å². The number of hydrogen-bond donors (Lipinski definition) is 0. The average molecular weight is 305 g/mol. The van der Waals surface area contributed by atoms with Crippen LogP contribution in [0.1, 0.15) is 19.3 Å². The second kappa shape index (κ2) is 7.11. The Morgan fingerprint density at radius 1 is 1.32 bits per heavy atom. The van der Waals surface area contributed by atoms with E-state index in [-0.39, 0.29) is 24.2 Å². The topological polar surface area (TPSA) is 48.0 Å². The maximum atomic E-state index is 12.5. The predicted octanol–water partition coefficient (Wildman–Crippen LogP) is 1.86. The Hall–Kier alpha value is -1.59. The summed E-state index contributed by atoms with van der Waals surface area (Å²) in [7, 11) is 1.71. The van der Waals surface area contributed by atoms with Crippen LogP contribution in [-0.2, 0) is 14.3 Å². The van der Waals surface area contributed by atoms with Gasteiger partial charge in [-0.25, -0.2) is 0 Å². The summed E-state index contributed by atoms with van der Waals surface area (Å²) in [4.78, 5) is 14.4. The number of fused-ring (bicyclic) bond motifs is 1. The summed E-state index contributed by atoms with van der Waals surface area (Å²) >= 11 is 0. The van der Waals surface area contributed by atoms with Crippen LogP contribution in [0.3, 0.4) is 0 Å². The van der Waals surface area contributed by atoms with Gasteiger partial charge in [0.2, 0.25) is 5.91 Å². The summed E-state index contributed by atoms with van der Waals surface area (Å²) in [6, 6.07) is 9.74. The summed E-state index contributed by atoms with van der Waals surface area (Å²) in [5.41, 5.74) is 0. The van der Waals surface area contributed by atoms with Gasteiger partial charge in [0.15, 0.2) is 0 Å². The van der Waals surface area contributed by atoms with Crippen LogP contribution in [0.2, 0.25) is 0 Å². The maximum Gasteiger partial charge on any atom is 0.226 e. The lowest BCUT2D eigenvalue weighted by Crippen LogP contribution is -2.54. The van der Waals surface area contributed by atoms with Crippen molar-refractivity contribution < 1.29 is 19.0 Å². The Labute approximate surface area is 131 Å². The Morgan fingerprint density at radius 3 is 2.91 bits per heavy atom. The summed E-state index contributed by atoms with van der Waals surface area (Å²) < 4.78 is 16.9. The molecular formula is C17H23NO4. The molecule has 2 fully saturated rings. The van der Waals surface area contributed by atoms with Gasteiger partial charge in [-0.05, 0) is 25.0 Å². The van der Waals surface area contributed by atoms with Gasteiger partial charge in [-0.15, -0.1) is 0 Å². The lowest BCUT2D eigenvalue weighted by Gasteiger charge is -2.39. The molecule has 0 unspecified atom stereocenters. The molecule has 1 aromatic rings. The fraction of sp³-hybridized carbons (Fsp3) is 0.588. The Morgan fingerprint density at radius 2 is 2.14 bits per heavy atom. The van der Waals surface area contributed by atoms with E-state index in [9.17, 15) is 4.79 Å². The molecule has 3 atom stereocenters. The van der Waals surface area contributed by atoms with Crippen LogP contribution in [0.5, 0.6) is 5.75 Å². The van der Waals surface area contributed by atoms with Crippen LogP contribution in [0.15, 0.2) is 30.3 Å². The number of carbonyl (C=O) groups excluding carboxylic acids is 1. The summed E-state index contributed by atoms with van der Waals surface area (Å²) in [5.74, 6) is 0.946. The van der Waals surface area contributed by atoms with Crippen LogP contribution in [0.4, 0.5) is 0 Å². The SMILES string of the molecule is CO[C@H]1CC[C@H]2[C@H]1OCCN2C(=O)CCOc1ccccc1. The molecule has 3 rings (SSSR count). The molecule has 1 saturated carbocycles. The number of rotatable bonds is 5. The first kappa shape index (κ1) is 15.3. The molecule has 5 nitrogen and oxygen atoms in total. The molecule has 0 aromatic heterocycles. The molecule has 1 saturated heterocycles. The first-order valence-electron chi connectivity index (χ1n) is 7.91. The summed E-state index contributed by atoms with van der Waals surface area (Å²) in [6.07, 6.45) is 2.44. The number of para-hydroxylation sites is 1. The fourth-order valence-electron chi connectivity index (χ4n) is 3.39. The standard InChI is InChI=1S/C17H23NO4/c1-20-15-8-7-14-17(15)22-12-10-18(14)16(19)9-11-21-13-5-3-2-4-6-13/h2-6,14-15,17H,7-12H2,1H3/t14-,15-,17+/m0/s1. The Balaban J connectivity index is 1.51. The Bertz CT molecular complexity index is 493. The number of hydrogen-bond acceptors (Lipinski definition) is 4. The van der Waals surface area contributed by atoms with Crippen molar-refractivity contribution in [2.24, 2.45) is 0 Å². The van der Waals surface area contributed by atoms with Crippen LogP contribution in [0, 0.1) is 0 Å². The molecule has 0 N–H and O–H groups in total. The first-order chi connectivity index (χ1) is 10.8. The van der Waals surface area contributed by atoms with Crippen molar-refractivity contribution in [3.8, 4) is 5.75 Å². The highest BCUT2D eigenvalue weighted by atomic mass is 16.5. The van der Waals surface area contributed by atoms with Gasteiger partial charge in [0, 0.05) is 13.7 Å². The Kier molecular flexibility index (Phi) is 4.95. The smallest absolute Gasteiger partial charge is 0.226 e. The molecule has 5 heteroatoms. The van der Waals surface area contributed by atoms with Crippen molar-refractivity contribution in [2.75, 3.05) is 26.9 Å². The van der Waals surface area contributed by atoms with Gasteiger partial charge < -0.3 is 19.1 Å². The molecule has 22 heavy (non-hydrogen) atoms. The minimum absolute atomic E-state index is 0.0257. The van der Waals surface area contributed by atoms with Crippen LogP contribution < -0.4 is 4.74 Å². The van der Waals surface area contributed by atoms with Crippen molar-refractivity contribution in [1.82, 2.24) is 4.90 Å². The number of methoxy groups -OCH3 is 1. The highest BCUT2D eigenvalue weighted by Gasteiger charge is 2.44. The molecule has 1 aliphatic carbocycles.